The smallest absolute Gasteiger partial charge is 0.358 e. The summed E-state index contributed by atoms with van der Waals surface area (Å²) in [7, 11) is 0. The third kappa shape index (κ3) is 3.02. The van der Waals surface area contributed by atoms with Crippen molar-refractivity contribution in [2.24, 2.45) is 5.11 Å². The van der Waals surface area contributed by atoms with Gasteiger partial charge in [-0.25, -0.2) is 0 Å². The Morgan fingerprint density at radius 3 is 1.88 bits per heavy atom. The zero-order valence-corrected chi connectivity index (χ0v) is 11.8. The van der Waals surface area contributed by atoms with Crippen LogP contribution in [0, 0.1) is 50.6 Å². The Bertz CT molecular complexity index is 829. The van der Waals surface area contributed by atoms with Crippen molar-refractivity contribution in [3.05, 3.63) is 61.0 Å². The van der Waals surface area contributed by atoms with E-state index in [4.69, 9.17) is 5.53 Å². The van der Waals surface area contributed by atoms with E-state index in [1.807, 2.05) is 0 Å². The van der Waals surface area contributed by atoms with Crippen molar-refractivity contribution in [3.63, 3.8) is 0 Å². The summed E-state index contributed by atoms with van der Waals surface area (Å²) < 4.78 is 0. The molecule has 0 fully saturated rings. The van der Waals surface area contributed by atoms with E-state index in [1.54, 1.807) is 5.43 Å². The van der Waals surface area contributed by atoms with E-state index < -0.39 is 54.3 Å². The summed E-state index contributed by atoms with van der Waals surface area (Å²) in [5.74, 6) is -6.75. The van der Waals surface area contributed by atoms with Crippen molar-refractivity contribution >= 4 is 17.3 Å². The van der Waals surface area contributed by atoms with Crippen molar-refractivity contribution in [3.8, 4) is 0 Å². The lowest BCUT2D eigenvalue weighted by Crippen LogP contribution is -2.58. The highest BCUT2D eigenvalue weighted by molar-refractivity contribution is 5.63. The molecule has 0 bridgehead atoms. The minimum absolute atomic E-state index is 0.0821. The first-order chi connectivity index (χ1) is 12.0. The van der Waals surface area contributed by atoms with Gasteiger partial charge in [0.1, 0.15) is 0 Å². The standard InChI is InChI=1S/C5H3N11O10/c6-10-8-3-2(12(17)18)4(13(19)20)9-11(3)7-1-5(14(21)22,15(23)24)16(25)26/h7H,1H2. The molecule has 0 aliphatic rings. The van der Waals surface area contributed by atoms with E-state index in [9.17, 15) is 50.6 Å². The number of nitro groups is 5. The molecule has 138 valence electrons. The summed E-state index contributed by atoms with van der Waals surface area (Å²) in [6, 6.07) is 0. The molecule has 0 aliphatic heterocycles. The molecule has 26 heavy (non-hydrogen) atoms. The second-order valence-corrected chi connectivity index (χ2v) is 3.99. The maximum Gasteiger partial charge on any atom is 0.718 e. The summed E-state index contributed by atoms with van der Waals surface area (Å²) in [5, 5.41) is 59.7. The predicted octanol–water partition coefficient (Wildman–Crippen LogP) is -0.331. The monoisotopic (exact) mass is 377 g/mol. The van der Waals surface area contributed by atoms with E-state index in [0.717, 1.165) is 0 Å². The number of azide groups is 1. The highest BCUT2D eigenvalue weighted by Crippen LogP contribution is 2.35. The van der Waals surface area contributed by atoms with Crippen molar-refractivity contribution in [1.29, 1.82) is 0 Å². The van der Waals surface area contributed by atoms with Crippen LogP contribution in [0.1, 0.15) is 0 Å². The van der Waals surface area contributed by atoms with Gasteiger partial charge >= 0.3 is 17.3 Å². The fourth-order valence-corrected chi connectivity index (χ4v) is 1.49. The van der Waals surface area contributed by atoms with Gasteiger partial charge in [0.15, 0.2) is 14.8 Å². The van der Waals surface area contributed by atoms with Gasteiger partial charge in [0, 0.05) is 4.91 Å². The Morgan fingerprint density at radius 1 is 1.04 bits per heavy atom. The fourth-order valence-electron chi connectivity index (χ4n) is 1.49. The van der Waals surface area contributed by atoms with Crippen LogP contribution in [0.15, 0.2) is 5.11 Å². The molecule has 1 aromatic heterocycles. The minimum Gasteiger partial charge on any atom is -0.358 e. The van der Waals surface area contributed by atoms with Crippen LogP contribution in [-0.4, -0.2) is 46.8 Å². The molecule has 0 saturated carbocycles. The first-order valence-corrected chi connectivity index (χ1v) is 5.65. The van der Waals surface area contributed by atoms with Crippen LogP contribution in [0.2, 0.25) is 0 Å². The second-order valence-electron chi connectivity index (χ2n) is 3.99. The molecule has 1 N–H and O–H groups in total. The van der Waals surface area contributed by atoms with Crippen LogP contribution in [0.25, 0.3) is 10.4 Å². The molecule has 0 unspecified atom stereocenters. The predicted molar refractivity (Wildman–Crippen MR) is 72.3 cm³/mol. The number of aromatic nitrogens is 2. The Morgan fingerprint density at radius 2 is 1.54 bits per heavy atom. The second kappa shape index (κ2) is 6.83. The molecule has 21 nitrogen and oxygen atoms in total. The van der Waals surface area contributed by atoms with Crippen LogP contribution in [0.5, 0.6) is 0 Å². The largest absolute Gasteiger partial charge is 0.718 e. The van der Waals surface area contributed by atoms with Crippen LogP contribution < -0.4 is 5.43 Å². The SMILES string of the molecule is [N-]=[N+]=Nc1c([N+](=O)[O-])c([N+](=O)[O-])nn1NCC([N+](=O)[O-])([N+](=O)[O-])[N+](=O)[O-]. The summed E-state index contributed by atoms with van der Waals surface area (Å²) in [5.41, 5.74) is 8.47. The molecule has 0 aromatic carbocycles. The van der Waals surface area contributed by atoms with Crippen molar-refractivity contribution in [2.45, 2.75) is 5.79 Å². The summed E-state index contributed by atoms with van der Waals surface area (Å²) in [4.78, 5) is 47.6. The maximum atomic E-state index is 10.9. The van der Waals surface area contributed by atoms with Crippen LogP contribution >= 0.6 is 0 Å². The number of hydrogen-bond acceptors (Lipinski definition) is 13. The minimum atomic E-state index is -4.05. The Kier molecular flexibility index (Phi) is 5.09. The highest BCUT2D eigenvalue weighted by Gasteiger charge is 2.70. The molecule has 21 heteroatoms. The third-order valence-electron chi connectivity index (χ3n) is 2.66. The summed E-state index contributed by atoms with van der Waals surface area (Å²) >= 11 is 0. The molecule has 0 radical (unpaired) electrons. The third-order valence-corrected chi connectivity index (χ3v) is 2.66. The Hall–Kier alpha value is -4.68. The van der Waals surface area contributed by atoms with Gasteiger partial charge in [-0.2, -0.15) is 0 Å². The van der Waals surface area contributed by atoms with Gasteiger partial charge in [-0.1, -0.05) is 4.79 Å². The van der Waals surface area contributed by atoms with E-state index >= 15 is 0 Å². The van der Waals surface area contributed by atoms with Crippen molar-refractivity contribution in [1.82, 2.24) is 9.89 Å². The molecule has 0 saturated heterocycles. The van der Waals surface area contributed by atoms with Crippen LogP contribution in [0.4, 0.5) is 17.3 Å². The van der Waals surface area contributed by atoms with Gasteiger partial charge in [-0.15, -0.1) is 0 Å². The van der Waals surface area contributed by atoms with E-state index in [2.05, 4.69) is 15.1 Å². The van der Waals surface area contributed by atoms with Gasteiger partial charge in [0.05, 0.1) is 10.0 Å². The lowest BCUT2D eigenvalue weighted by Gasteiger charge is -2.09. The van der Waals surface area contributed by atoms with E-state index in [-0.39, 0.29) is 4.79 Å². The normalized spacial score (nSPS) is 10.5. The van der Waals surface area contributed by atoms with Crippen LogP contribution in [-0.2, 0) is 0 Å². The average molecular weight is 377 g/mol. The molecule has 0 aliphatic carbocycles. The Balaban J connectivity index is 3.51. The van der Waals surface area contributed by atoms with Gasteiger partial charge in [0.2, 0.25) is 0 Å². The Labute approximate surface area is 137 Å². The van der Waals surface area contributed by atoms with Crippen molar-refractivity contribution in [2.75, 3.05) is 12.0 Å². The van der Waals surface area contributed by atoms with Crippen molar-refractivity contribution < 1.29 is 24.6 Å². The molecular weight excluding hydrogens is 374 g/mol. The fraction of sp³-hybridized carbons (Fsp3) is 0.400. The van der Waals surface area contributed by atoms with Crippen LogP contribution in [0.3, 0.4) is 0 Å². The zero-order valence-electron chi connectivity index (χ0n) is 11.8. The lowest BCUT2D eigenvalue weighted by molar-refractivity contribution is -0.965. The maximum absolute atomic E-state index is 10.9. The quantitative estimate of drug-likeness (QED) is 0.144. The van der Waals surface area contributed by atoms with Gasteiger partial charge in [-0.05, 0) is 15.6 Å². The number of rotatable bonds is 9. The molecule has 0 atom stereocenters. The van der Waals surface area contributed by atoms with Gasteiger partial charge < -0.3 is 10.1 Å². The molecular formula is C5H3N11O10. The number of hydrogen-bond donors (Lipinski definition) is 1. The summed E-state index contributed by atoms with van der Waals surface area (Å²) in [6.07, 6.45) is 0. The zero-order chi connectivity index (χ0) is 20.2. The first-order valence-electron chi connectivity index (χ1n) is 5.65. The van der Waals surface area contributed by atoms with E-state index in [1.165, 1.54) is 0 Å². The van der Waals surface area contributed by atoms with Gasteiger partial charge in [-0.3, -0.25) is 45.9 Å². The molecule has 1 rings (SSSR count). The number of nitrogens with zero attached hydrogens (tertiary/aromatic N) is 10. The van der Waals surface area contributed by atoms with E-state index in [0.29, 0.717) is 0 Å². The molecule has 0 spiro atoms. The molecule has 1 heterocycles. The first kappa shape index (κ1) is 19.4. The topological polar surface area (TPSA) is 294 Å². The lowest BCUT2D eigenvalue weighted by atomic mass is 10.4. The molecule has 1 aromatic rings. The highest BCUT2D eigenvalue weighted by atomic mass is 16.7. The summed E-state index contributed by atoms with van der Waals surface area (Å²) in [6.45, 7) is -1.76. The molecule has 0 amide bonds. The number of nitrogens with one attached hydrogen (secondary N) is 1. The average Bonchev–Trinajstić information content (AvgIpc) is 2.86. The van der Waals surface area contributed by atoms with Gasteiger partial charge in [0.25, 0.3) is 12.4 Å².